The van der Waals surface area contributed by atoms with E-state index in [2.05, 4.69) is 5.32 Å². The number of nitrogens with zero attached hydrogens (tertiary/aromatic N) is 1. The van der Waals surface area contributed by atoms with Gasteiger partial charge in [-0.3, -0.25) is 9.59 Å². The van der Waals surface area contributed by atoms with Crippen LogP contribution in [0.3, 0.4) is 0 Å². The predicted molar refractivity (Wildman–Crippen MR) is 83.2 cm³/mol. The van der Waals surface area contributed by atoms with Gasteiger partial charge in [-0.1, -0.05) is 12.1 Å². The number of benzene rings is 1. The van der Waals surface area contributed by atoms with Crippen LogP contribution < -0.4 is 11.1 Å². The number of rotatable bonds is 6. The Balaban J connectivity index is 0.00000361. The van der Waals surface area contributed by atoms with Gasteiger partial charge >= 0.3 is 0 Å². The van der Waals surface area contributed by atoms with Crippen molar-refractivity contribution in [3.8, 4) is 0 Å². The lowest BCUT2D eigenvalue weighted by Crippen LogP contribution is -2.31. The molecular weight excluding hydrogens is 278 g/mol. The Morgan fingerprint density at radius 1 is 1.20 bits per heavy atom. The normalized spacial score (nSPS) is 9.55. The SMILES string of the molecule is CCN(CC)C(=O)c1ccccc1NC(=O)CCN.Cl. The van der Waals surface area contributed by atoms with E-state index in [4.69, 9.17) is 5.73 Å². The third kappa shape index (κ3) is 4.83. The Bertz CT molecular complexity index is 448. The number of hydrogen-bond donors (Lipinski definition) is 2. The van der Waals surface area contributed by atoms with Crippen LogP contribution in [0, 0.1) is 0 Å². The fourth-order valence-corrected chi connectivity index (χ4v) is 1.80. The minimum Gasteiger partial charge on any atom is -0.339 e. The molecule has 0 aliphatic rings. The molecule has 1 rings (SSSR count). The first-order chi connectivity index (χ1) is 9.13. The molecule has 0 heterocycles. The highest BCUT2D eigenvalue weighted by atomic mass is 35.5. The predicted octanol–water partition coefficient (Wildman–Crippen LogP) is 1.88. The summed E-state index contributed by atoms with van der Waals surface area (Å²) in [6.07, 6.45) is 0.244. The van der Waals surface area contributed by atoms with Crippen LogP contribution in [0.25, 0.3) is 0 Å². The van der Waals surface area contributed by atoms with Gasteiger partial charge in [0.05, 0.1) is 11.3 Å². The van der Waals surface area contributed by atoms with E-state index in [1.807, 2.05) is 13.8 Å². The summed E-state index contributed by atoms with van der Waals surface area (Å²) in [5, 5.41) is 2.73. The molecule has 1 aromatic rings. The first-order valence-corrected chi connectivity index (χ1v) is 6.52. The number of amides is 2. The molecule has 5 nitrogen and oxygen atoms in total. The van der Waals surface area contributed by atoms with Crippen LogP contribution in [0.15, 0.2) is 24.3 Å². The monoisotopic (exact) mass is 299 g/mol. The maximum absolute atomic E-state index is 12.3. The molecule has 20 heavy (non-hydrogen) atoms. The van der Waals surface area contributed by atoms with Crippen molar-refractivity contribution in [3.63, 3.8) is 0 Å². The lowest BCUT2D eigenvalue weighted by atomic mass is 10.1. The fraction of sp³-hybridized carbons (Fsp3) is 0.429. The van der Waals surface area contributed by atoms with Crippen LogP contribution in [0.2, 0.25) is 0 Å². The van der Waals surface area contributed by atoms with Crippen LogP contribution >= 0.6 is 12.4 Å². The zero-order chi connectivity index (χ0) is 14.3. The molecule has 0 aromatic heterocycles. The van der Waals surface area contributed by atoms with Crippen molar-refractivity contribution >= 4 is 29.9 Å². The van der Waals surface area contributed by atoms with Crippen LogP contribution in [-0.4, -0.2) is 36.3 Å². The Morgan fingerprint density at radius 2 is 1.80 bits per heavy atom. The Hall–Kier alpha value is -1.59. The Morgan fingerprint density at radius 3 is 2.35 bits per heavy atom. The van der Waals surface area contributed by atoms with Crippen molar-refractivity contribution in [3.05, 3.63) is 29.8 Å². The summed E-state index contributed by atoms with van der Waals surface area (Å²) in [7, 11) is 0. The molecule has 3 N–H and O–H groups in total. The van der Waals surface area contributed by atoms with Gasteiger partial charge in [-0.15, -0.1) is 12.4 Å². The molecule has 0 spiro atoms. The van der Waals surface area contributed by atoms with Gasteiger partial charge in [-0.2, -0.15) is 0 Å². The molecule has 0 fully saturated rings. The second-order valence-corrected chi connectivity index (χ2v) is 4.11. The topological polar surface area (TPSA) is 75.4 Å². The van der Waals surface area contributed by atoms with Crippen molar-refractivity contribution in [1.29, 1.82) is 0 Å². The highest BCUT2D eigenvalue weighted by Gasteiger charge is 2.16. The zero-order valence-electron chi connectivity index (χ0n) is 11.9. The number of carbonyl (C=O) groups is 2. The summed E-state index contributed by atoms with van der Waals surface area (Å²) < 4.78 is 0. The van der Waals surface area contributed by atoms with Gasteiger partial charge in [-0.05, 0) is 26.0 Å². The van der Waals surface area contributed by atoms with Gasteiger partial charge in [-0.25, -0.2) is 0 Å². The van der Waals surface area contributed by atoms with Gasteiger partial charge < -0.3 is 16.0 Å². The molecule has 1 aromatic carbocycles. The van der Waals surface area contributed by atoms with Crippen molar-refractivity contribution < 1.29 is 9.59 Å². The number of anilines is 1. The van der Waals surface area contributed by atoms with Crippen LogP contribution in [0.1, 0.15) is 30.6 Å². The molecule has 0 bridgehead atoms. The molecule has 0 aliphatic heterocycles. The van der Waals surface area contributed by atoms with E-state index >= 15 is 0 Å². The van der Waals surface area contributed by atoms with E-state index in [1.54, 1.807) is 29.2 Å². The summed E-state index contributed by atoms with van der Waals surface area (Å²) in [6, 6.07) is 7.02. The molecule has 0 atom stereocenters. The van der Waals surface area contributed by atoms with Gasteiger partial charge in [0, 0.05) is 26.1 Å². The molecule has 0 radical (unpaired) electrons. The number of nitrogens with one attached hydrogen (secondary N) is 1. The third-order valence-corrected chi connectivity index (χ3v) is 2.85. The van der Waals surface area contributed by atoms with Crippen LogP contribution in [0.4, 0.5) is 5.69 Å². The molecule has 6 heteroatoms. The van der Waals surface area contributed by atoms with Crippen LogP contribution in [-0.2, 0) is 4.79 Å². The van der Waals surface area contributed by atoms with Gasteiger partial charge in [0.15, 0.2) is 0 Å². The highest BCUT2D eigenvalue weighted by molar-refractivity contribution is 6.03. The minimum absolute atomic E-state index is 0. The first-order valence-electron chi connectivity index (χ1n) is 6.52. The smallest absolute Gasteiger partial charge is 0.255 e. The van der Waals surface area contributed by atoms with Gasteiger partial charge in [0.2, 0.25) is 5.91 Å². The molecule has 2 amide bonds. The fourth-order valence-electron chi connectivity index (χ4n) is 1.80. The second-order valence-electron chi connectivity index (χ2n) is 4.11. The minimum atomic E-state index is -0.178. The largest absolute Gasteiger partial charge is 0.339 e. The van der Waals surface area contributed by atoms with E-state index in [0.717, 1.165) is 0 Å². The number of para-hydroxylation sites is 1. The molecular formula is C14H22ClN3O2. The van der Waals surface area contributed by atoms with E-state index in [-0.39, 0.29) is 37.2 Å². The number of halogens is 1. The lowest BCUT2D eigenvalue weighted by molar-refractivity contribution is -0.116. The molecule has 0 unspecified atom stereocenters. The Kier molecular flexibility index (Phi) is 8.59. The zero-order valence-corrected chi connectivity index (χ0v) is 12.7. The van der Waals surface area contributed by atoms with Crippen molar-refractivity contribution in [2.45, 2.75) is 20.3 Å². The van der Waals surface area contributed by atoms with Crippen LogP contribution in [0.5, 0.6) is 0 Å². The summed E-state index contributed by atoms with van der Waals surface area (Å²) in [6.45, 7) is 5.42. The molecule has 0 saturated heterocycles. The summed E-state index contributed by atoms with van der Waals surface area (Å²) >= 11 is 0. The second kappa shape index (κ2) is 9.34. The number of hydrogen-bond acceptors (Lipinski definition) is 3. The first kappa shape index (κ1) is 18.4. The third-order valence-electron chi connectivity index (χ3n) is 2.85. The van der Waals surface area contributed by atoms with E-state index in [9.17, 15) is 9.59 Å². The number of carbonyl (C=O) groups excluding carboxylic acids is 2. The molecule has 0 saturated carbocycles. The molecule has 0 aliphatic carbocycles. The van der Waals surface area contributed by atoms with Crippen molar-refractivity contribution in [2.24, 2.45) is 5.73 Å². The van der Waals surface area contributed by atoms with Gasteiger partial charge in [0.1, 0.15) is 0 Å². The van der Waals surface area contributed by atoms with E-state index < -0.39 is 0 Å². The summed E-state index contributed by atoms with van der Waals surface area (Å²) in [5.74, 6) is -0.254. The van der Waals surface area contributed by atoms with E-state index in [1.165, 1.54) is 0 Å². The van der Waals surface area contributed by atoms with Gasteiger partial charge in [0.25, 0.3) is 5.91 Å². The quantitative estimate of drug-likeness (QED) is 0.842. The lowest BCUT2D eigenvalue weighted by Gasteiger charge is -2.20. The average molecular weight is 300 g/mol. The van der Waals surface area contributed by atoms with Crippen molar-refractivity contribution in [2.75, 3.05) is 25.0 Å². The summed E-state index contributed by atoms with van der Waals surface area (Å²) in [5.41, 5.74) is 6.39. The maximum Gasteiger partial charge on any atom is 0.255 e. The Labute approximate surface area is 125 Å². The summed E-state index contributed by atoms with van der Waals surface area (Å²) in [4.78, 5) is 25.6. The van der Waals surface area contributed by atoms with E-state index in [0.29, 0.717) is 24.3 Å². The number of nitrogens with two attached hydrogens (primary N) is 1. The maximum atomic E-state index is 12.3. The molecule has 112 valence electrons. The highest BCUT2D eigenvalue weighted by Crippen LogP contribution is 2.17. The average Bonchev–Trinajstić information content (AvgIpc) is 2.40. The van der Waals surface area contributed by atoms with Crippen molar-refractivity contribution in [1.82, 2.24) is 4.90 Å². The standard InChI is InChI=1S/C14H21N3O2.ClH/c1-3-17(4-2)14(19)11-7-5-6-8-12(11)16-13(18)9-10-15;/h5-8H,3-4,9-10,15H2,1-2H3,(H,16,18);1H.